The van der Waals surface area contributed by atoms with Crippen LogP contribution in [-0.2, 0) is 30.4 Å². The summed E-state index contributed by atoms with van der Waals surface area (Å²) in [6.07, 6.45) is -4.46. The number of hydrogen-bond acceptors (Lipinski definition) is 5. The molecule has 176 valence electrons. The van der Waals surface area contributed by atoms with Crippen LogP contribution < -0.4 is 10.9 Å². The fourth-order valence-corrected chi connectivity index (χ4v) is 4.45. The van der Waals surface area contributed by atoms with Crippen LogP contribution in [0.3, 0.4) is 0 Å². The van der Waals surface area contributed by atoms with E-state index >= 15 is 0 Å². The number of carbonyl (C=O) groups excluding carboxylic acids is 1. The Morgan fingerprint density at radius 2 is 1.85 bits per heavy atom. The molecule has 0 radical (unpaired) electrons. The molecule has 0 saturated heterocycles. The zero-order valence-electron chi connectivity index (χ0n) is 17.2. The van der Waals surface area contributed by atoms with Gasteiger partial charge in [-0.3, -0.25) is 9.59 Å². The van der Waals surface area contributed by atoms with E-state index in [1.165, 1.54) is 16.6 Å². The average Bonchev–Trinajstić information content (AvgIpc) is 3.14. The SMILES string of the molecule is O=C(Cc1csc2nc(=O)c(Cc3ccc(C(F)(F)F)cc3)nn12)NCc1ccc(Cl)cc1Cl. The number of carbonyl (C=O) groups is 1. The number of aromatic nitrogens is 3. The van der Waals surface area contributed by atoms with Crippen LogP contribution in [0.1, 0.15) is 28.1 Å². The van der Waals surface area contributed by atoms with Gasteiger partial charge in [-0.2, -0.15) is 23.3 Å². The molecule has 4 rings (SSSR count). The van der Waals surface area contributed by atoms with Crippen molar-refractivity contribution in [2.75, 3.05) is 0 Å². The van der Waals surface area contributed by atoms with Crippen molar-refractivity contribution in [1.82, 2.24) is 19.9 Å². The second-order valence-corrected chi connectivity index (χ2v) is 9.03. The van der Waals surface area contributed by atoms with E-state index in [4.69, 9.17) is 23.2 Å². The van der Waals surface area contributed by atoms with Crippen molar-refractivity contribution in [2.24, 2.45) is 0 Å². The fraction of sp³-hybridized carbons (Fsp3) is 0.182. The predicted octanol–water partition coefficient (Wildman–Crippen LogP) is 4.93. The largest absolute Gasteiger partial charge is 0.416 e. The maximum absolute atomic E-state index is 12.8. The van der Waals surface area contributed by atoms with Gasteiger partial charge in [-0.1, -0.05) is 41.4 Å². The van der Waals surface area contributed by atoms with Gasteiger partial charge < -0.3 is 5.32 Å². The fourth-order valence-electron chi connectivity index (χ4n) is 3.16. The third-order valence-corrected chi connectivity index (χ3v) is 6.36. The minimum atomic E-state index is -4.44. The Balaban J connectivity index is 1.49. The van der Waals surface area contributed by atoms with Crippen molar-refractivity contribution in [1.29, 1.82) is 0 Å². The first-order valence-electron chi connectivity index (χ1n) is 9.83. The summed E-state index contributed by atoms with van der Waals surface area (Å²) in [5.41, 5.74) is 0.410. The van der Waals surface area contributed by atoms with Gasteiger partial charge in [0, 0.05) is 28.4 Å². The zero-order valence-corrected chi connectivity index (χ0v) is 19.5. The van der Waals surface area contributed by atoms with Crippen LogP contribution >= 0.6 is 34.5 Å². The van der Waals surface area contributed by atoms with E-state index in [9.17, 15) is 22.8 Å². The van der Waals surface area contributed by atoms with Crippen molar-refractivity contribution in [2.45, 2.75) is 25.6 Å². The molecule has 0 bridgehead atoms. The number of nitrogens with one attached hydrogen (secondary N) is 1. The monoisotopic (exact) mass is 526 g/mol. The summed E-state index contributed by atoms with van der Waals surface area (Å²) >= 11 is 13.2. The van der Waals surface area contributed by atoms with Crippen LogP contribution in [0, 0.1) is 0 Å². The molecule has 0 unspecified atom stereocenters. The van der Waals surface area contributed by atoms with Gasteiger partial charge >= 0.3 is 6.18 Å². The first-order valence-corrected chi connectivity index (χ1v) is 11.5. The number of amides is 1. The number of alkyl halides is 3. The minimum absolute atomic E-state index is 0.00343. The third-order valence-electron chi connectivity index (χ3n) is 4.90. The van der Waals surface area contributed by atoms with Gasteiger partial charge in [0.2, 0.25) is 10.9 Å². The first kappa shape index (κ1) is 24.2. The van der Waals surface area contributed by atoms with Gasteiger partial charge in [0.05, 0.1) is 17.7 Å². The van der Waals surface area contributed by atoms with E-state index in [0.717, 1.165) is 23.5 Å². The normalized spacial score (nSPS) is 11.7. The minimum Gasteiger partial charge on any atom is -0.352 e. The van der Waals surface area contributed by atoms with E-state index in [1.807, 2.05) is 0 Å². The molecule has 1 N–H and O–H groups in total. The number of rotatable bonds is 6. The van der Waals surface area contributed by atoms with Crippen molar-refractivity contribution >= 4 is 45.4 Å². The quantitative estimate of drug-likeness (QED) is 0.386. The van der Waals surface area contributed by atoms with Crippen LogP contribution in [0.5, 0.6) is 0 Å². The highest BCUT2D eigenvalue weighted by atomic mass is 35.5. The van der Waals surface area contributed by atoms with Gasteiger partial charge in [-0.25, -0.2) is 4.52 Å². The van der Waals surface area contributed by atoms with Gasteiger partial charge in [-0.05, 0) is 35.4 Å². The van der Waals surface area contributed by atoms with E-state index in [1.54, 1.807) is 23.6 Å². The topological polar surface area (TPSA) is 76.4 Å². The van der Waals surface area contributed by atoms with E-state index in [-0.39, 0.29) is 31.0 Å². The third kappa shape index (κ3) is 5.57. The molecule has 12 heteroatoms. The molecule has 2 aromatic heterocycles. The van der Waals surface area contributed by atoms with Crippen LogP contribution in [-0.4, -0.2) is 20.5 Å². The van der Waals surface area contributed by atoms with Gasteiger partial charge in [0.1, 0.15) is 5.69 Å². The number of nitrogens with zero attached hydrogens (tertiary/aromatic N) is 3. The highest BCUT2D eigenvalue weighted by Gasteiger charge is 2.30. The number of halogens is 5. The summed E-state index contributed by atoms with van der Waals surface area (Å²) in [6.45, 7) is 0.205. The molecule has 0 atom stereocenters. The molecule has 6 nitrogen and oxygen atoms in total. The van der Waals surface area contributed by atoms with E-state index in [0.29, 0.717) is 31.8 Å². The molecule has 0 spiro atoms. The molecule has 34 heavy (non-hydrogen) atoms. The number of benzene rings is 2. The van der Waals surface area contributed by atoms with Gasteiger partial charge in [0.25, 0.3) is 5.56 Å². The average molecular weight is 527 g/mol. The smallest absolute Gasteiger partial charge is 0.352 e. The van der Waals surface area contributed by atoms with E-state index in [2.05, 4.69) is 15.4 Å². The standard InChI is InChI=1S/C22H15Cl2F3N4O2S/c23-15-6-3-13(17(24)8-15)10-28-19(32)9-16-11-34-21-29-20(33)18(30-31(16)21)7-12-1-4-14(5-2-12)22(25,26)27/h1-6,8,11H,7,9-10H2,(H,28,32). The Morgan fingerprint density at radius 1 is 1.12 bits per heavy atom. The highest BCUT2D eigenvalue weighted by molar-refractivity contribution is 7.15. The van der Waals surface area contributed by atoms with Gasteiger partial charge in [0.15, 0.2) is 0 Å². The van der Waals surface area contributed by atoms with Crippen LogP contribution in [0.25, 0.3) is 4.96 Å². The van der Waals surface area contributed by atoms with Crippen molar-refractivity contribution in [3.05, 3.63) is 96.3 Å². The molecular formula is C22H15Cl2F3N4O2S. The number of fused-ring (bicyclic) bond motifs is 1. The molecule has 1 amide bonds. The Bertz CT molecular complexity index is 1420. The molecule has 0 aliphatic heterocycles. The molecule has 0 aliphatic rings. The maximum Gasteiger partial charge on any atom is 0.416 e. The molecule has 0 aliphatic carbocycles. The molecule has 0 saturated carbocycles. The van der Waals surface area contributed by atoms with Crippen LogP contribution in [0.15, 0.2) is 52.6 Å². The van der Waals surface area contributed by atoms with Crippen molar-refractivity contribution < 1.29 is 18.0 Å². The second kappa shape index (κ2) is 9.73. The molecule has 4 aromatic rings. The summed E-state index contributed by atoms with van der Waals surface area (Å²) in [5.74, 6) is -0.296. The summed E-state index contributed by atoms with van der Waals surface area (Å²) in [4.78, 5) is 29.1. The van der Waals surface area contributed by atoms with Crippen LogP contribution in [0.2, 0.25) is 10.0 Å². The molecule has 0 fully saturated rings. The molecule has 2 heterocycles. The zero-order chi connectivity index (χ0) is 24.5. The summed E-state index contributed by atoms with van der Waals surface area (Å²) < 4.78 is 39.7. The summed E-state index contributed by atoms with van der Waals surface area (Å²) in [7, 11) is 0. The van der Waals surface area contributed by atoms with Crippen molar-refractivity contribution in [3.63, 3.8) is 0 Å². The predicted molar refractivity (Wildman–Crippen MR) is 123 cm³/mol. The molecular weight excluding hydrogens is 512 g/mol. The van der Waals surface area contributed by atoms with E-state index < -0.39 is 17.3 Å². The first-order chi connectivity index (χ1) is 16.1. The lowest BCUT2D eigenvalue weighted by atomic mass is 10.1. The van der Waals surface area contributed by atoms with Crippen LogP contribution in [0.4, 0.5) is 13.2 Å². The summed E-state index contributed by atoms with van der Waals surface area (Å²) in [6, 6.07) is 9.46. The second-order valence-electron chi connectivity index (χ2n) is 7.35. The number of hydrogen-bond donors (Lipinski definition) is 1. The Morgan fingerprint density at radius 3 is 2.53 bits per heavy atom. The maximum atomic E-state index is 12.8. The highest BCUT2D eigenvalue weighted by Crippen LogP contribution is 2.29. The van der Waals surface area contributed by atoms with Gasteiger partial charge in [-0.15, -0.1) is 11.3 Å². The Kier molecular flexibility index (Phi) is 6.92. The Labute approximate surface area is 205 Å². The number of thiazole rings is 1. The lowest BCUT2D eigenvalue weighted by molar-refractivity contribution is -0.137. The Hall–Kier alpha value is -2.95. The summed E-state index contributed by atoms with van der Waals surface area (Å²) in [5, 5.41) is 9.68. The lowest BCUT2D eigenvalue weighted by Crippen LogP contribution is -2.26. The molecule has 2 aromatic carbocycles. The van der Waals surface area contributed by atoms with Crippen molar-refractivity contribution in [3.8, 4) is 0 Å². The lowest BCUT2D eigenvalue weighted by Gasteiger charge is -2.08.